The molecule has 3 aromatic rings. The number of aliphatic hydroxyl groups excluding tert-OH is 1. The van der Waals surface area contributed by atoms with Crippen molar-refractivity contribution in [1.29, 1.82) is 0 Å². The summed E-state index contributed by atoms with van der Waals surface area (Å²) in [7, 11) is -1.47. The van der Waals surface area contributed by atoms with E-state index in [4.69, 9.17) is 4.74 Å². The molecule has 0 aliphatic carbocycles. The van der Waals surface area contributed by atoms with Gasteiger partial charge < -0.3 is 14.8 Å². The molecular formula is C22H23FN2O5S. The number of benzene rings is 1. The summed E-state index contributed by atoms with van der Waals surface area (Å²) in [4.78, 5) is 32.3. The minimum atomic E-state index is -1.47. The Kier molecular flexibility index (Phi) is 7.29. The highest BCUT2D eigenvalue weighted by Crippen LogP contribution is 2.22. The zero-order valence-electron chi connectivity index (χ0n) is 17.2. The maximum Gasteiger partial charge on any atom is 0.344 e. The normalized spacial score (nSPS) is 13.2. The second-order valence-corrected chi connectivity index (χ2v) is 8.60. The number of ether oxygens (including phenoxy) is 1. The van der Waals surface area contributed by atoms with E-state index in [0.29, 0.717) is 23.0 Å². The Hall–Kier alpha value is -2.91. The van der Waals surface area contributed by atoms with E-state index in [9.17, 15) is 23.3 Å². The third-order valence-corrected chi connectivity index (χ3v) is 5.83. The van der Waals surface area contributed by atoms with E-state index in [1.54, 1.807) is 31.3 Å². The number of aryl methyl sites for hydroxylation is 1. The molecule has 2 unspecified atom stereocenters. The standard InChI is InChI=1S/C22H23FN2O5S/c1-3-30-22(28)19-16(8-9-18(26)31(2)29)20-17(25-21(19)27)11-14(12-24-20)10-13-4-6-15(23)7-5-13/h4-7,11-12,18,26H,3,8-10H2,1-2H3,(H,25,27). The lowest BCUT2D eigenvalue weighted by atomic mass is 10.0. The van der Waals surface area contributed by atoms with Crippen molar-refractivity contribution in [2.45, 2.75) is 31.6 Å². The van der Waals surface area contributed by atoms with Crippen LogP contribution in [0.3, 0.4) is 0 Å². The highest BCUT2D eigenvalue weighted by atomic mass is 32.2. The summed E-state index contributed by atoms with van der Waals surface area (Å²) in [6, 6.07) is 7.84. The number of esters is 1. The summed E-state index contributed by atoms with van der Waals surface area (Å²) in [5.41, 5.74) is 0.966. The minimum Gasteiger partial charge on any atom is -0.462 e. The number of fused-ring (bicyclic) bond motifs is 1. The number of hydrogen-bond acceptors (Lipinski definition) is 6. The number of H-pyrrole nitrogens is 1. The molecular weight excluding hydrogens is 423 g/mol. The third-order valence-electron chi connectivity index (χ3n) is 4.83. The third kappa shape index (κ3) is 5.42. The molecule has 0 saturated carbocycles. The minimum absolute atomic E-state index is 0.0904. The van der Waals surface area contributed by atoms with Crippen LogP contribution in [0, 0.1) is 5.82 Å². The topological polar surface area (TPSA) is 109 Å². The fourth-order valence-corrected chi connectivity index (χ4v) is 3.76. The summed E-state index contributed by atoms with van der Waals surface area (Å²) in [6.45, 7) is 1.73. The zero-order chi connectivity index (χ0) is 22.5. The molecule has 2 aromatic heterocycles. The average Bonchev–Trinajstić information content (AvgIpc) is 2.73. The van der Waals surface area contributed by atoms with Gasteiger partial charge in [-0.3, -0.25) is 14.0 Å². The van der Waals surface area contributed by atoms with E-state index in [1.165, 1.54) is 18.4 Å². The molecule has 164 valence electrons. The van der Waals surface area contributed by atoms with Crippen molar-refractivity contribution in [3.8, 4) is 0 Å². The van der Waals surface area contributed by atoms with Crippen molar-refractivity contribution in [3.63, 3.8) is 0 Å². The first-order chi connectivity index (χ1) is 14.8. The molecule has 7 nitrogen and oxygen atoms in total. The van der Waals surface area contributed by atoms with Crippen LogP contribution in [0.25, 0.3) is 11.0 Å². The highest BCUT2D eigenvalue weighted by molar-refractivity contribution is 7.84. The number of carbonyl (C=O) groups is 1. The smallest absolute Gasteiger partial charge is 0.344 e. The number of aromatic nitrogens is 2. The number of pyridine rings is 2. The van der Waals surface area contributed by atoms with E-state index in [0.717, 1.165) is 11.1 Å². The molecule has 0 amide bonds. The van der Waals surface area contributed by atoms with Gasteiger partial charge in [0.25, 0.3) is 5.56 Å². The van der Waals surface area contributed by atoms with Gasteiger partial charge in [-0.25, -0.2) is 9.18 Å². The predicted molar refractivity (Wildman–Crippen MR) is 116 cm³/mol. The molecule has 2 N–H and O–H groups in total. The van der Waals surface area contributed by atoms with Gasteiger partial charge in [0, 0.05) is 28.8 Å². The molecule has 0 saturated heterocycles. The molecule has 0 fully saturated rings. The van der Waals surface area contributed by atoms with Gasteiger partial charge in [-0.1, -0.05) is 12.1 Å². The summed E-state index contributed by atoms with van der Waals surface area (Å²) in [5.74, 6) is -1.10. The number of nitrogens with one attached hydrogen (secondary N) is 1. The fraction of sp³-hybridized carbons (Fsp3) is 0.318. The Morgan fingerprint density at radius 3 is 2.65 bits per heavy atom. The first kappa shape index (κ1) is 22.8. The van der Waals surface area contributed by atoms with Crippen molar-refractivity contribution in [3.05, 3.63) is 75.0 Å². The molecule has 0 spiro atoms. The Balaban J connectivity index is 2.05. The van der Waals surface area contributed by atoms with Gasteiger partial charge in [0.1, 0.15) is 16.8 Å². The second kappa shape index (κ2) is 9.93. The molecule has 31 heavy (non-hydrogen) atoms. The van der Waals surface area contributed by atoms with Gasteiger partial charge in [0.2, 0.25) is 0 Å². The van der Waals surface area contributed by atoms with E-state index in [2.05, 4.69) is 9.97 Å². The molecule has 0 radical (unpaired) electrons. The monoisotopic (exact) mass is 446 g/mol. The maximum absolute atomic E-state index is 13.1. The second-order valence-electron chi connectivity index (χ2n) is 7.06. The lowest BCUT2D eigenvalue weighted by Crippen LogP contribution is -2.24. The molecule has 9 heteroatoms. The van der Waals surface area contributed by atoms with Crippen LogP contribution in [0.1, 0.15) is 40.4 Å². The van der Waals surface area contributed by atoms with Crippen molar-refractivity contribution in [2.24, 2.45) is 0 Å². The van der Waals surface area contributed by atoms with Gasteiger partial charge in [-0.15, -0.1) is 0 Å². The first-order valence-electron chi connectivity index (χ1n) is 9.75. The maximum atomic E-state index is 13.1. The van der Waals surface area contributed by atoms with E-state index in [-0.39, 0.29) is 30.8 Å². The predicted octanol–water partition coefficient (Wildman–Crippen LogP) is 2.46. The fourth-order valence-electron chi connectivity index (χ4n) is 3.32. The highest BCUT2D eigenvalue weighted by Gasteiger charge is 2.22. The average molecular weight is 447 g/mol. The molecule has 0 aliphatic rings. The van der Waals surface area contributed by atoms with Crippen LogP contribution in [0.2, 0.25) is 0 Å². The number of halogens is 1. The number of aromatic amines is 1. The lowest BCUT2D eigenvalue weighted by Gasteiger charge is -2.13. The van der Waals surface area contributed by atoms with Crippen LogP contribution in [-0.4, -0.2) is 43.6 Å². The van der Waals surface area contributed by atoms with Crippen molar-refractivity contribution in [1.82, 2.24) is 9.97 Å². The van der Waals surface area contributed by atoms with Crippen LogP contribution < -0.4 is 5.56 Å². The van der Waals surface area contributed by atoms with Gasteiger partial charge in [-0.2, -0.15) is 0 Å². The molecule has 3 rings (SSSR count). The summed E-state index contributed by atoms with van der Waals surface area (Å²) in [6.07, 6.45) is 3.70. The summed E-state index contributed by atoms with van der Waals surface area (Å²) >= 11 is 0. The van der Waals surface area contributed by atoms with E-state index < -0.39 is 27.8 Å². The Morgan fingerprint density at radius 1 is 1.29 bits per heavy atom. The number of hydrogen-bond donors (Lipinski definition) is 2. The van der Waals surface area contributed by atoms with Crippen LogP contribution in [-0.2, 0) is 28.4 Å². The van der Waals surface area contributed by atoms with Gasteiger partial charge >= 0.3 is 5.97 Å². The SMILES string of the molecule is CCOC(=O)c1c(CCC(O)S(C)=O)c2ncc(Cc3ccc(F)cc3)cc2[nH]c1=O. The molecule has 0 aliphatic heterocycles. The van der Waals surface area contributed by atoms with E-state index in [1.807, 2.05) is 0 Å². The zero-order valence-corrected chi connectivity index (χ0v) is 18.0. The van der Waals surface area contributed by atoms with Crippen LogP contribution in [0.4, 0.5) is 4.39 Å². The largest absolute Gasteiger partial charge is 0.462 e. The molecule has 2 heterocycles. The van der Waals surface area contributed by atoms with Gasteiger partial charge in [-0.05, 0) is 55.5 Å². The summed E-state index contributed by atoms with van der Waals surface area (Å²) < 4.78 is 29.7. The number of aliphatic hydroxyl groups is 1. The quantitative estimate of drug-likeness (QED) is 0.515. The van der Waals surface area contributed by atoms with Crippen molar-refractivity contribution in [2.75, 3.05) is 12.9 Å². The van der Waals surface area contributed by atoms with Crippen molar-refractivity contribution < 1.29 is 23.2 Å². The summed E-state index contributed by atoms with van der Waals surface area (Å²) in [5, 5.41) is 9.94. The van der Waals surface area contributed by atoms with Gasteiger partial charge in [0.05, 0.1) is 17.6 Å². The van der Waals surface area contributed by atoms with Crippen LogP contribution in [0.15, 0.2) is 41.3 Å². The Bertz CT molecular complexity index is 1180. The van der Waals surface area contributed by atoms with Crippen LogP contribution >= 0.6 is 0 Å². The Labute approximate surface area is 180 Å². The first-order valence-corrected chi connectivity index (χ1v) is 11.4. The number of carbonyl (C=O) groups excluding carboxylic acids is 1. The lowest BCUT2D eigenvalue weighted by molar-refractivity contribution is 0.0523. The van der Waals surface area contributed by atoms with Gasteiger partial charge in [0.15, 0.2) is 0 Å². The number of nitrogens with zero attached hydrogens (tertiary/aromatic N) is 1. The van der Waals surface area contributed by atoms with E-state index >= 15 is 0 Å². The molecule has 0 bridgehead atoms. The van der Waals surface area contributed by atoms with Crippen LogP contribution in [0.5, 0.6) is 0 Å². The van der Waals surface area contributed by atoms with Crippen molar-refractivity contribution >= 4 is 27.8 Å². The number of rotatable bonds is 8. The Morgan fingerprint density at radius 2 is 2.00 bits per heavy atom. The molecule has 1 aromatic carbocycles. The molecule has 2 atom stereocenters.